The number of imidazole rings is 1. The topological polar surface area (TPSA) is 112 Å². The minimum Gasteiger partial charge on any atom is -0.870 e. The number of nitrogens with zero attached hydrogens (tertiary/aromatic N) is 2. The van der Waals surface area contributed by atoms with Crippen LogP contribution in [0.5, 0.6) is 11.5 Å². The zero-order valence-corrected chi connectivity index (χ0v) is 21.1. The van der Waals surface area contributed by atoms with Gasteiger partial charge in [-0.25, -0.2) is 13.8 Å². The van der Waals surface area contributed by atoms with Crippen LogP contribution in [0.15, 0.2) is 42.6 Å². The van der Waals surface area contributed by atoms with Crippen LogP contribution < -0.4 is 44.3 Å². The molecule has 13 heteroatoms. The number of alkyl halides is 2. The van der Waals surface area contributed by atoms with Crippen LogP contribution in [0, 0.1) is 11.6 Å². The zero-order valence-electron chi connectivity index (χ0n) is 19.1. The van der Waals surface area contributed by atoms with Gasteiger partial charge in [-0.3, -0.25) is 21.0 Å². The van der Waals surface area contributed by atoms with Gasteiger partial charge in [0.25, 0.3) is 5.91 Å². The number of carbonyl (C=O) groups excluding carboxylic acids is 2. The number of hydrogen-bond acceptors (Lipinski definition) is 6. The largest absolute Gasteiger partial charge is 1.00 e. The molecule has 0 bridgehead atoms. The van der Waals surface area contributed by atoms with Crippen LogP contribution in [0.4, 0.5) is 23.5 Å². The number of aromatic nitrogens is 2. The predicted molar refractivity (Wildman–Crippen MR) is 112 cm³/mol. The van der Waals surface area contributed by atoms with Crippen LogP contribution in [0.3, 0.4) is 0 Å². The van der Waals surface area contributed by atoms with Gasteiger partial charge < -0.3 is 19.7 Å². The van der Waals surface area contributed by atoms with Crippen molar-refractivity contribution >= 4 is 18.1 Å². The third kappa shape index (κ3) is 6.82. The number of benzene rings is 2. The van der Waals surface area contributed by atoms with Gasteiger partial charge in [0.2, 0.25) is 5.95 Å². The van der Waals surface area contributed by atoms with E-state index in [-0.39, 0.29) is 63.7 Å². The van der Waals surface area contributed by atoms with Gasteiger partial charge >= 0.3 is 36.2 Å². The third-order valence-corrected chi connectivity index (χ3v) is 4.64. The second kappa shape index (κ2) is 12.2. The first-order chi connectivity index (χ1) is 15.6. The summed E-state index contributed by atoms with van der Waals surface area (Å²) >= 11 is 0. The third-order valence-electron chi connectivity index (χ3n) is 4.64. The maximum Gasteiger partial charge on any atom is 1.00 e. The Morgan fingerprint density at radius 1 is 1.11 bits per heavy atom. The van der Waals surface area contributed by atoms with Crippen molar-refractivity contribution in [2.45, 2.75) is 25.9 Å². The standard InChI is InChI=1S/C22H18F4N3O4.Na.H2O/c1-22(2,11-30)17-10-29(18-15(23)8-14(32-3)9-16(18)24)21(27-17)28-19(31)12-4-6-13(7-5-12)33-20(25)26;;/h4-10,20H,1-3H3,(H,27,28,31);;1H2/q-1;+1;/p-1. The van der Waals surface area contributed by atoms with E-state index in [1.54, 1.807) is 6.29 Å². The fourth-order valence-electron chi connectivity index (χ4n) is 2.84. The average Bonchev–Trinajstić information content (AvgIpc) is 3.17. The summed E-state index contributed by atoms with van der Waals surface area (Å²) in [7, 11) is 1.24. The molecule has 1 heterocycles. The first-order valence-corrected chi connectivity index (χ1v) is 9.44. The molecule has 0 aliphatic carbocycles. The second-order valence-electron chi connectivity index (χ2n) is 7.34. The predicted octanol–water partition coefficient (Wildman–Crippen LogP) is 1.23. The number of hydrogen-bond donors (Lipinski definition) is 1. The molecule has 1 aromatic heterocycles. The molecule has 0 aliphatic rings. The van der Waals surface area contributed by atoms with E-state index in [1.165, 1.54) is 39.3 Å². The molecule has 3 aromatic rings. The van der Waals surface area contributed by atoms with Crippen molar-refractivity contribution in [3.63, 3.8) is 0 Å². The molecule has 1 amide bonds. The van der Waals surface area contributed by atoms with Crippen LogP contribution >= 0.6 is 0 Å². The Labute approximate surface area is 219 Å². The van der Waals surface area contributed by atoms with E-state index < -0.39 is 35.3 Å². The van der Waals surface area contributed by atoms with Gasteiger partial charge in [0.05, 0.1) is 7.11 Å². The molecule has 2 aromatic carbocycles. The zero-order chi connectivity index (χ0) is 24.3. The molecule has 0 radical (unpaired) electrons. The molecule has 0 saturated heterocycles. The summed E-state index contributed by atoms with van der Waals surface area (Å²) < 4.78 is 64.1. The Balaban J connectivity index is 0.00000306. The van der Waals surface area contributed by atoms with Crippen molar-refractivity contribution in [2.24, 2.45) is 0 Å². The fraction of sp³-hybridized carbons (Fsp3) is 0.227. The number of carbonyl (C=O) groups is 1. The number of methoxy groups -OCH3 is 1. The molecule has 0 spiro atoms. The van der Waals surface area contributed by atoms with Crippen molar-refractivity contribution in [1.29, 1.82) is 0 Å². The van der Waals surface area contributed by atoms with Gasteiger partial charge in [0, 0.05) is 29.6 Å². The van der Waals surface area contributed by atoms with E-state index >= 15 is 0 Å². The van der Waals surface area contributed by atoms with Crippen LogP contribution in [0.2, 0.25) is 0 Å². The molecule has 0 fully saturated rings. The first-order valence-electron chi connectivity index (χ1n) is 9.44. The van der Waals surface area contributed by atoms with Crippen molar-refractivity contribution in [2.75, 3.05) is 12.4 Å². The number of rotatable bonds is 8. The quantitative estimate of drug-likeness (QED) is 0.281. The summed E-state index contributed by atoms with van der Waals surface area (Å²) in [4.78, 5) is 28.2. The van der Waals surface area contributed by atoms with Gasteiger partial charge in [-0.1, -0.05) is 19.3 Å². The van der Waals surface area contributed by atoms with Crippen LogP contribution in [-0.4, -0.2) is 40.9 Å². The van der Waals surface area contributed by atoms with Crippen molar-refractivity contribution < 1.29 is 71.7 Å². The molecular weight excluding hydrogens is 485 g/mol. The first kappa shape index (κ1) is 30.1. The van der Waals surface area contributed by atoms with E-state index in [2.05, 4.69) is 15.0 Å². The van der Waals surface area contributed by atoms with Gasteiger partial charge in [0.15, 0.2) is 11.6 Å². The molecular formula is C22H19F4N3NaO5-. The smallest absolute Gasteiger partial charge is 0.870 e. The summed E-state index contributed by atoms with van der Waals surface area (Å²) in [6.45, 7) is -0.0514. The Morgan fingerprint density at radius 2 is 1.69 bits per heavy atom. The molecule has 182 valence electrons. The SMILES string of the molecule is COc1cc(F)c(-n2cc(C(C)(C)[C-]=O)nc2NC(=O)c2ccc(OC(F)F)cc2)c(F)c1.[Na+].[OH-]. The minimum absolute atomic E-state index is 0. The van der Waals surface area contributed by atoms with Gasteiger partial charge in [-0.05, 0) is 24.3 Å². The van der Waals surface area contributed by atoms with Gasteiger partial charge in [-0.15, -0.1) is 0 Å². The van der Waals surface area contributed by atoms with E-state index in [1.807, 2.05) is 0 Å². The number of halogens is 4. The van der Waals surface area contributed by atoms with Gasteiger partial charge in [0.1, 0.15) is 17.2 Å². The van der Waals surface area contributed by atoms with Crippen LogP contribution in [0.1, 0.15) is 29.9 Å². The fourth-order valence-corrected chi connectivity index (χ4v) is 2.84. The van der Waals surface area contributed by atoms with E-state index in [0.29, 0.717) is 0 Å². The van der Waals surface area contributed by atoms with E-state index in [4.69, 9.17) is 4.74 Å². The Hall–Kier alpha value is -2.93. The molecule has 3 rings (SSSR count). The van der Waals surface area contributed by atoms with Crippen molar-refractivity contribution in [3.05, 3.63) is 65.5 Å². The van der Waals surface area contributed by atoms with Gasteiger partial charge in [-0.2, -0.15) is 8.78 Å². The van der Waals surface area contributed by atoms with E-state index in [9.17, 15) is 27.2 Å². The minimum atomic E-state index is -3.03. The summed E-state index contributed by atoms with van der Waals surface area (Å²) in [5.74, 6) is -3.27. The maximum atomic E-state index is 14.7. The average molecular weight is 504 g/mol. The normalized spacial score (nSPS) is 10.7. The Morgan fingerprint density at radius 3 is 2.17 bits per heavy atom. The molecule has 35 heavy (non-hydrogen) atoms. The summed E-state index contributed by atoms with van der Waals surface area (Å²) in [6.07, 6.45) is 2.99. The molecule has 2 N–H and O–H groups in total. The monoisotopic (exact) mass is 504 g/mol. The maximum absolute atomic E-state index is 14.7. The van der Waals surface area contributed by atoms with Crippen molar-refractivity contribution in [3.8, 4) is 17.2 Å². The second-order valence-corrected chi connectivity index (χ2v) is 7.34. The Bertz CT molecular complexity index is 1160. The Kier molecular flexibility index (Phi) is 10.5. The van der Waals surface area contributed by atoms with Crippen molar-refractivity contribution in [1.82, 2.24) is 9.55 Å². The van der Waals surface area contributed by atoms with E-state index in [0.717, 1.165) is 28.8 Å². The molecule has 8 nitrogen and oxygen atoms in total. The summed E-state index contributed by atoms with van der Waals surface area (Å²) in [6, 6.07) is 6.65. The van der Waals surface area contributed by atoms with Crippen LogP contribution in [-0.2, 0) is 10.2 Å². The van der Waals surface area contributed by atoms with Crippen LogP contribution in [0.25, 0.3) is 5.69 Å². The number of ether oxygens (including phenoxy) is 2. The molecule has 0 aliphatic heterocycles. The summed E-state index contributed by atoms with van der Waals surface area (Å²) in [5.41, 5.74) is -1.70. The summed E-state index contributed by atoms with van der Waals surface area (Å²) in [5, 5.41) is 2.41. The number of amides is 1. The number of nitrogens with one attached hydrogen (secondary N) is 1. The molecule has 0 saturated carbocycles. The molecule has 0 unspecified atom stereocenters. The number of anilines is 1. The molecule has 0 atom stereocenters.